The van der Waals surface area contributed by atoms with Crippen LogP contribution in [0.2, 0.25) is 0 Å². The summed E-state index contributed by atoms with van der Waals surface area (Å²) in [5.41, 5.74) is 4.29. The maximum Gasteiger partial charge on any atom is 0.0240 e. The molecule has 2 nitrogen and oxygen atoms in total. The van der Waals surface area contributed by atoms with Crippen LogP contribution in [0.3, 0.4) is 0 Å². The molecule has 1 aromatic rings. The van der Waals surface area contributed by atoms with E-state index in [1.165, 1.54) is 29.5 Å². The molecule has 2 atom stereocenters. The van der Waals surface area contributed by atoms with Gasteiger partial charge in [0.25, 0.3) is 0 Å². The molecule has 1 aliphatic rings. The SMILES string of the molecule is CCCC1CNC(C)CN1Cc1cc(C)ccc1C. The third-order valence-corrected chi connectivity index (χ3v) is 4.23. The van der Waals surface area contributed by atoms with Crippen molar-refractivity contribution in [1.82, 2.24) is 10.2 Å². The van der Waals surface area contributed by atoms with Gasteiger partial charge in [0.05, 0.1) is 0 Å². The first-order valence-corrected chi connectivity index (χ1v) is 7.63. The number of aryl methyl sites for hydroxylation is 2. The molecule has 2 unspecified atom stereocenters. The molecule has 1 aromatic carbocycles. The fraction of sp³-hybridized carbons (Fsp3) is 0.647. The van der Waals surface area contributed by atoms with Crippen molar-refractivity contribution in [2.24, 2.45) is 0 Å². The van der Waals surface area contributed by atoms with Crippen LogP contribution in [0.5, 0.6) is 0 Å². The lowest BCUT2D eigenvalue weighted by Crippen LogP contribution is -2.54. The molecule has 0 aromatic heterocycles. The maximum atomic E-state index is 3.62. The van der Waals surface area contributed by atoms with Gasteiger partial charge in [-0.2, -0.15) is 0 Å². The van der Waals surface area contributed by atoms with Crippen LogP contribution in [0.15, 0.2) is 18.2 Å². The second kappa shape index (κ2) is 6.53. The number of piperazine rings is 1. The molecular formula is C17H28N2. The standard InChI is InChI=1S/C17H28N2/c1-5-6-17-10-18-15(4)11-19(17)12-16-9-13(2)7-8-14(16)3/h7-9,15,17-18H,5-6,10-12H2,1-4H3. The van der Waals surface area contributed by atoms with Crippen LogP contribution < -0.4 is 5.32 Å². The molecule has 0 spiro atoms. The summed E-state index contributed by atoms with van der Waals surface area (Å²) in [6.45, 7) is 12.4. The van der Waals surface area contributed by atoms with Gasteiger partial charge in [-0.1, -0.05) is 37.1 Å². The molecule has 0 radical (unpaired) electrons. The van der Waals surface area contributed by atoms with E-state index in [4.69, 9.17) is 0 Å². The van der Waals surface area contributed by atoms with Crippen molar-refractivity contribution >= 4 is 0 Å². The average molecular weight is 260 g/mol. The Morgan fingerprint density at radius 2 is 2.11 bits per heavy atom. The summed E-state index contributed by atoms with van der Waals surface area (Å²) in [5, 5.41) is 3.62. The minimum Gasteiger partial charge on any atom is -0.311 e. The van der Waals surface area contributed by atoms with E-state index in [2.05, 4.69) is 56.1 Å². The summed E-state index contributed by atoms with van der Waals surface area (Å²) in [6, 6.07) is 8.12. The summed E-state index contributed by atoms with van der Waals surface area (Å²) >= 11 is 0. The molecule has 1 N–H and O–H groups in total. The zero-order valence-electron chi connectivity index (χ0n) is 12.9. The van der Waals surface area contributed by atoms with Gasteiger partial charge in [0.1, 0.15) is 0 Å². The summed E-state index contributed by atoms with van der Waals surface area (Å²) in [5.74, 6) is 0. The van der Waals surface area contributed by atoms with Gasteiger partial charge in [0.2, 0.25) is 0 Å². The number of nitrogens with one attached hydrogen (secondary N) is 1. The lowest BCUT2D eigenvalue weighted by Gasteiger charge is -2.39. The van der Waals surface area contributed by atoms with Crippen molar-refractivity contribution < 1.29 is 0 Å². The Labute approximate surface area is 118 Å². The van der Waals surface area contributed by atoms with E-state index < -0.39 is 0 Å². The first-order valence-electron chi connectivity index (χ1n) is 7.63. The Balaban J connectivity index is 2.11. The van der Waals surface area contributed by atoms with Gasteiger partial charge < -0.3 is 5.32 Å². The van der Waals surface area contributed by atoms with Crippen molar-refractivity contribution in [3.63, 3.8) is 0 Å². The van der Waals surface area contributed by atoms with E-state index in [1.807, 2.05) is 0 Å². The van der Waals surface area contributed by atoms with Crippen molar-refractivity contribution in [2.75, 3.05) is 13.1 Å². The van der Waals surface area contributed by atoms with Crippen LogP contribution in [0.1, 0.15) is 43.4 Å². The van der Waals surface area contributed by atoms with Gasteiger partial charge in [0, 0.05) is 31.7 Å². The molecule has 1 aliphatic heterocycles. The Bertz CT molecular complexity index is 414. The van der Waals surface area contributed by atoms with E-state index in [0.717, 1.165) is 19.6 Å². The highest BCUT2D eigenvalue weighted by Gasteiger charge is 2.25. The molecule has 0 amide bonds. The predicted octanol–water partition coefficient (Wildman–Crippen LogP) is 3.27. The largest absolute Gasteiger partial charge is 0.311 e. The van der Waals surface area contributed by atoms with Gasteiger partial charge in [-0.25, -0.2) is 0 Å². The van der Waals surface area contributed by atoms with E-state index >= 15 is 0 Å². The molecule has 1 heterocycles. The van der Waals surface area contributed by atoms with Gasteiger partial charge in [-0.3, -0.25) is 4.90 Å². The first-order chi connectivity index (χ1) is 9.10. The fourth-order valence-corrected chi connectivity index (χ4v) is 3.03. The smallest absolute Gasteiger partial charge is 0.0240 e. The lowest BCUT2D eigenvalue weighted by atomic mass is 10.0. The molecule has 1 saturated heterocycles. The summed E-state index contributed by atoms with van der Waals surface area (Å²) in [6.07, 6.45) is 2.56. The highest BCUT2D eigenvalue weighted by Crippen LogP contribution is 2.19. The number of nitrogens with zero attached hydrogens (tertiary/aromatic N) is 1. The zero-order valence-corrected chi connectivity index (χ0v) is 12.9. The highest BCUT2D eigenvalue weighted by atomic mass is 15.2. The normalized spacial score (nSPS) is 24.6. The van der Waals surface area contributed by atoms with Crippen LogP contribution in [-0.2, 0) is 6.54 Å². The summed E-state index contributed by atoms with van der Waals surface area (Å²) in [7, 11) is 0. The molecule has 2 heteroatoms. The highest BCUT2D eigenvalue weighted by molar-refractivity contribution is 5.30. The Kier molecular flexibility index (Phi) is 5.00. The van der Waals surface area contributed by atoms with Crippen LogP contribution in [-0.4, -0.2) is 30.1 Å². The second-order valence-corrected chi connectivity index (χ2v) is 6.11. The minimum atomic E-state index is 0.609. The molecular weight excluding hydrogens is 232 g/mol. The Morgan fingerprint density at radius 3 is 2.84 bits per heavy atom. The quantitative estimate of drug-likeness (QED) is 0.894. The monoisotopic (exact) mass is 260 g/mol. The predicted molar refractivity (Wildman–Crippen MR) is 82.5 cm³/mol. The van der Waals surface area contributed by atoms with Crippen molar-refractivity contribution in [2.45, 2.75) is 59.2 Å². The van der Waals surface area contributed by atoms with Gasteiger partial charge in [-0.05, 0) is 38.3 Å². The topological polar surface area (TPSA) is 15.3 Å². The molecule has 0 aliphatic carbocycles. The van der Waals surface area contributed by atoms with Gasteiger partial charge in [-0.15, -0.1) is 0 Å². The number of benzene rings is 1. The molecule has 0 bridgehead atoms. The van der Waals surface area contributed by atoms with E-state index in [1.54, 1.807) is 0 Å². The molecule has 19 heavy (non-hydrogen) atoms. The van der Waals surface area contributed by atoms with E-state index in [-0.39, 0.29) is 0 Å². The fourth-order valence-electron chi connectivity index (χ4n) is 3.03. The third kappa shape index (κ3) is 3.80. The minimum absolute atomic E-state index is 0.609. The average Bonchev–Trinajstić information content (AvgIpc) is 2.37. The zero-order chi connectivity index (χ0) is 13.8. The second-order valence-electron chi connectivity index (χ2n) is 6.11. The van der Waals surface area contributed by atoms with Crippen molar-refractivity contribution in [3.8, 4) is 0 Å². The molecule has 106 valence electrons. The Hall–Kier alpha value is -0.860. The van der Waals surface area contributed by atoms with Gasteiger partial charge in [0.15, 0.2) is 0 Å². The Morgan fingerprint density at radius 1 is 1.32 bits per heavy atom. The summed E-state index contributed by atoms with van der Waals surface area (Å²) < 4.78 is 0. The van der Waals surface area contributed by atoms with E-state index in [0.29, 0.717) is 12.1 Å². The number of hydrogen-bond acceptors (Lipinski definition) is 2. The third-order valence-electron chi connectivity index (χ3n) is 4.23. The van der Waals surface area contributed by atoms with Gasteiger partial charge >= 0.3 is 0 Å². The van der Waals surface area contributed by atoms with Crippen molar-refractivity contribution in [3.05, 3.63) is 34.9 Å². The number of hydrogen-bond donors (Lipinski definition) is 1. The maximum absolute atomic E-state index is 3.62. The summed E-state index contributed by atoms with van der Waals surface area (Å²) in [4.78, 5) is 2.67. The molecule has 1 fully saturated rings. The van der Waals surface area contributed by atoms with Crippen LogP contribution in [0.25, 0.3) is 0 Å². The first kappa shape index (κ1) is 14.5. The molecule has 2 rings (SSSR count). The van der Waals surface area contributed by atoms with Crippen LogP contribution >= 0.6 is 0 Å². The van der Waals surface area contributed by atoms with Crippen LogP contribution in [0.4, 0.5) is 0 Å². The molecule has 0 saturated carbocycles. The lowest BCUT2D eigenvalue weighted by molar-refractivity contribution is 0.120. The van der Waals surface area contributed by atoms with Crippen molar-refractivity contribution in [1.29, 1.82) is 0 Å². The van der Waals surface area contributed by atoms with Crippen LogP contribution in [0, 0.1) is 13.8 Å². The van der Waals surface area contributed by atoms with E-state index in [9.17, 15) is 0 Å². The number of rotatable bonds is 4.